The van der Waals surface area contributed by atoms with Crippen LogP contribution in [-0.2, 0) is 4.74 Å². The van der Waals surface area contributed by atoms with Gasteiger partial charge in [0.05, 0.1) is 27.7 Å². The van der Waals surface area contributed by atoms with Crippen LogP contribution in [0, 0.1) is 0 Å². The number of ether oxygens (including phenoxy) is 1. The quantitative estimate of drug-likeness (QED) is 0.695. The molecular formula is C15H14Cl3NO5. The molecule has 6 nitrogen and oxygen atoms in total. The molecule has 0 aliphatic carbocycles. The van der Waals surface area contributed by atoms with Crippen molar-refractivity contribution >= 4 is 51.5 Å². The van der Waals surface area contributed by atoms with E-state index in [4.69, 9.17) is 39.5 Å². The van der Waals surface area contributed by atoms with Gasteiger partial charge in [0.15, 0.2) is 12.0 Å². The first kappa shape index (κ1) is 17.9. The van der Waals surface area contributed by atoms with E-state index < -0.39 is 31.1 Å². The summed E-state index contributed by atoms with van der Waals surface area (Å²) in [5.41, 5.74) is 0.636. The summed E-state index contributed by atoms with van der Waals surface area (Å²) in [6, 6.07) is 3.02. The van der Waals surface area contributed by atoms with Crippen LogP contribution in [0.15, 0.2) is 12.1 Å². The number of fused-ring (bicyclic) bond motifs is 1. The van der Waals surface area contributed by atoms with Crippen LogP contribution in [-0.4, -0.2) is 50.6 Å². The second kappa shape index (κ2) is 6.46. The molecule has 2 aromatic rings. The van der Waals surface area contributed by atoms with Gasteiger partial charge in [-0.3, -0.25) is 4.79 Å². The number of hydrogen-bond donors (Lipinski definition) is 3. The second-order valence-electron chi connectivity index (χ2n) is 5.60. The van der Waals surface area contributed by atoms with Gasteiger partial charge in [-0.1, -0.05) is 34.8 Å². The summed E-state index contributed by atoms with van der Waals surface area (Å²) in [7, 11) is 0. The van der Waals surface area contributed by atoms with E-state index in [1.807, 2.05) is 0 Å². The molecule has 1 saturated heterocycles. The summed E-state index contributed by atoms with van der Waals surface area (Å²) in [6.45, 7) is 0.877. The van der Waals surface area contributed by atoms with Crippen molar-refractivity contribution in [1.82, 2.24) is 4.57 Å². The fourth-order valence-electron chi connectivity index (χ4n) is 2.95. The molecule has 1 aliphatic rings. The van der Waals surface area contributed by atoms with Crippen molar-refractivity contribution in [3.8, 4) is 0 Å². The summed E-state index contributed by atoms with van der Waals surface area (Å²) in [4.78, 5) is 12.0. The lowest BCUT2D eigenvalue weighted by atomic mass is 10.1. The number of ketones is 1. The van der Waals surface area contributed by atoms with Crippen molar-refractivity contribution in [3.63, 3.8) is 0 Å². The number of carbonyl (C=O) groups is 1. The highest BCUT2D eigenvalue weighted by Crippen LogP contribution is 2.41. The molecule has 0 saturated carbocycles. The van der Waals surface area contributed by atoms with Gasteiger partial charge in [-0.05, 0) is 19.1 Å². The molecule has 2 heterocycles. The number of nitrogens with zero attached hydrogens (tertiary/aromatic N) is 1. The maximum absolute atomic E-state index is 12.0. The fourth-order valence-corrected chi connectivity index (χ4v) is 3.69. The van der Waals surface area contributed by atoms with E-state index in [9.17, 15) is 20.1 Å². The number of benzene rings is 1. The third kappa shape index (κ3) is 2.63. The Balaban J connectivity index is 2.27. The van der Waals surface area contributed by atoms with Crippen LogP contribution in [0.1, 0.15) is 23.5 Å². The maximum atomic E-state index is 12.0. The maximum Gasteiger partial charge on any atom is 0.164 e. The van der Waals surface area contributed by atoms with Crippen molar-refractivity contribution < 1.29 is 24.9 Å². The van der Waals surface area contributed by atoms with E-state index in [1.165, 1.54) is 23.6 Å². The Bertz CT molecular complexity index is 821. The molecule has 1 fully saturated rings. The normalized spacial score (nSPS) is 27.1. The molecule has 1 aliphatic heterocycles. The van der Waals surface area contributed by atoms with E-state index in [1.54, 1.807) is 0 Å². The molecule has 9 heteroatoms. The molecule has 0 spiro atoms. The van der Waals surface area contributed by atoms with Crippen molar-refractivity contribution in [2.45, 2.75) is 31.5 Å². The topological polar surface area (TPSA) is 91.9 Å². The van der Waals surface area contributed by atoms with Gasteiger partial charge in [-0.15, -0.1) is 0 Å². The summed E-state index contributed by atoms with van der Waals surface area (Å²) >= 11 is 18.5. The summed E-state index contributed by atoms with van der Waals surface area (Å²) < 4.78 is 6.89. The number of hydrogen-bond acceptors (Lipinski definition) is 5. The first-order valence-corrected chi connectivity index (χ1v) is 8.23. The summed E-state index contributed by atoms with van der Waals surface area (Å²) in [5.74, 6) is -0.297. The van der Waals surface area contributed by atoms with Gasteiger partial charge >= 0.3 is 0 Å². The van der Waals surface area contributed by atoms with Crippen LogP contribution in [0.5, 0.6) is 0 Å². The largest absolute Gasteiger partial charge is 0.394 e. The zero-order valence-corrected chi connectivity index (χ0v) is 14.7. The Labute approximate surface area is 152 Å². The Hall–Kier alpha value is -0.860. The number of aromatic nitrogens is 1. The van der Waals surface area contributed by atoms with Crippen molar-refractivity contribution in [3.05, 3.63) is 32.9 Å². The van der Waals surface area contributed by atoms with Crippen molar-refractivity contribution in [2.24, 2.45) is 0 Å². The highest BCUT2D eigenvalue weighted by molar-refractivity contribution is 6.43. The zero-order chi connectivity index (χ0) is 17.8. The van der Waals surface area contributed by atoms with Crippen LogP contribution < -0.4 is 0 Å². The highest BCUT2D eigenvalue weighted by atomic mass is 35.5. The molecule has 0 amide bonds. The standard InChI is InChI=1S/C15H14Cl3NO5/c1-5(21)11-6-2-7(16)8(17)3-9(6)19(14(11)18)15-13(23)12(22)10(4-20)24-15/h2-3,10,12-13,15,20,22-23H,4H2,1H3/t10-,12-,13-,15?/m1/s1. The number of aliphatic hydroxyl groups excluding tert-OH is 3. The Morgan fingerprint density at radius 2 is 1.83 bits per heavy atom. The average Bonchev–Trinajstić information content (AvgIpc) is 2.94. The second-order valence-corrected chi connectivity index (χ2v) is 6.78. The molecule has 130 valence electrons. The Morgan fingerprint density at radius 1 is 1.21 bits per heavy atom. The van der Waals surface area contributed by atoms with E-state index in [2.05, 4.69) is 0 Å². The number of rotatable bonds is 3. The third-order valence-electron chi connectivity index (χ3n) is 4.11. The predicted molar refractivity (Wildman–Crippen MR) is 90.0 cm³/mol. The lowest BCUT2D eigenvalue weighted by Crippen LogP contribution is -2.33. The van der Waals surface area contributed by atoms with E-state index >= 15 is 0 Å². The van der Waals surface area contributed by atoms with Crippen LogP contribution in [0.2, 0.25) is 15.2 Å². The van der Waals surface area contributed by atoms with Crippen LogP contribution in [0.4, 0.5) is 0 Å². The predicted octanol–water partition coefficient (Wildman–Crippen LogP) is 2.42. The number of Topliss-reactive ketones (excluding diaryl/α,β-unsaturated/α-hetero) is 1. The SMILES string of the molecule is CC(=O)c1c(Cl)n(C2O[C@H](CO)[C@@H](O)[C@H]2O)c2cc(Cl)c(Cl)cc12. The first-order valence-electron chi connectivity index (χ1n) is 7.09. The minimum absolute atomic E-state index is 0.0330. The molecule has 0 bridgehead atoms. The average molecular weight is 395 g/mol. The first-order chi connectivity index (χ1) is 11.3. The third-order valence-corrected chi connectivity index (χ3v) is 5.20. The molecular weight excluding hydrogens is 381 g/mol. The zero-order valence-electron chi connectivity index (χ0n) is 12.4. The summed E-state index contributed by atoms with van der Waals surface area (Å²) in [6.07, 6.45) is -4.69. The monoisotopic (exact) mass is 393 g/mol. The molecule has 1 unspecified atom stereocenters. The molecule has 24 heavy (non-hydrogen) atoms. The van der Waals surface area contributed by atoms with Gasteiger partial charge in [-0.25, -0.2) is 0 Å². The van der Waals surface area contributed by atoms with Crippen LogP contribution in [0.25, 0.3) is 10.9 Å². The van der Waals surface area contributed by atoms with Gasteiger partial charge in [0, 0.05) is 5.39 Å². The Kier molecular flexibility index (Phi) is 4.83. The van der Waals surface area contributed by atoms with Gasteiger partial charge in [0.1, 0.15) is 23.5 Å². The number of halogens is 3. The lowest BCUT2D eigenvalue weighted by molar-refractivity contribution is -0.0505. The minimum Gasteiger partial charge on any atom is -0.394 e. The van der Waals surface area contributed by atoms with Crippen LogP contribution in [0.3, 0.4) is 0 Å². The molecule has 0 radical (unpaired) electrons. The smallest absolute Gasteiger partial charge is 0.164 e. The Morgan fingerprint density at radius 3 is 2.38 bits per heavy atom. The van der Waals surface area contributed by atoms with Gasteiger partial charge in [0.2, 0.25) is 0 Å². The van der Waals surface area contributed by atoms with Crippen molar-refractivity contribution in [2.75, 3.05) is 6.61 Å². The summed E-state index contributed by atoms with van der Waals surface area (Å²) in [5, 5.41) is 30.4. The molecule has 4 atom stereocenters. The lowest BCUT2D eigenvalue weighted by Gasteiger charge is -2.19. The minimum atomic E-state index is -1.34. The molecule has 1 aromatic heterocycles. The molecule has 3 N–H and O–H groups in total. The number of carbonyl (C=O) groups excluding carboxylic acids is 1. The fraction of sp³-hybridized carbons (Fsp3) is 0.400. The highest BCUT2D eigenvalue weighted by Gasteiger charge is 2.45. The van der Waals surface area contributed by atoms with Crippen LogP contribution >= 0.6 is 34.8 Å². The van der Waals surface area contributed by atoms with Crippen molar-refractivity contribution in [1.29, 1.82) is 0 Å². The van der Waals surface area contributed by atoms with E-state index in [-0.39, 0.29) is 26.5 Å². The van der Waals surface area contributed by atoms with Gasteiger partial charge in [0.25, 0.3) is 0 Å². The molecule has 1 aromatic carbocycles. The van der Waals surface area contributed by atoms with E-state index in [0.29, 0.717) is 10.9 Å². The van der Waals surface area contributed by atoms with Gasteiger partial charge in [-0.2, -0.15) is 0 Å². The number of aliphatic hydroxyl groups is 3. The van der Waals surface area contributed by atoms with E-state index in [0.717, 1.165) is 0 Å². The van der Waals surface area contributed by atoms with Gasteiger partial charge < -0.3 is 24.6 Å². The molecule has 3 rings (SSSR count).